The fraction of sp³-hybridized carbons (Fsp3) is 0.160. The molecule has 1 aliphatic rings. The SMILES string of the molecule is Fc1cc(C#Cc2ccc(-c3ccc(CC4CC4)cc3)cc2)ccc1N=C=S. The molecule has 3 heteroatoms. The molecule has 28 heavy (non-hydrogen) atoms. The van der Waals surface area contributed by atoms with Gasteiger partial charge >= 0.3 is 0 Å². The molecule has 0 spiro atoms. The van der Waals surface area contributed by atoms with E-state index >= 15 is 0 Å². The Bertz CT molecular complexity index is 1090. The van der Waals surface area contributed by atoms with Crippen molar-refractivity contribution in [2.24, 2.45) is 10.9 Å². The van der Waals surface area contributed by atoms with Crippen molar-refractivity contribution in [2.75, 3.05) is 0 Å². The normalized spacial score (nSPS) is 12.6. The molecule has 0 radical (unpaired) electrons. The van der Waals surface area contributed by atoms with E-state index in [2.05, 4.69) is 70.6 Å². The number of rotatable bonds is 4. The minimum atomic E-state index is -0.454. The van der Waals surface area contributed by atoms with Crippen LogP contribution in [-0.4, -0.2) is 5.16 Å². The van der Waals surface area contributed by atoms with Crippen molar-refractivity contribution in [3.63, 3.8) is 0 Å². The summed E-state index contributed by atoms with van der Waals surface area (Å²) < 4.78 is 13.9. The average molecular weight is 383 g/mol. The van der Waals surface area contributed by atoms with Gasteiger partial charge in [0.2, 0.25) is 0 Å². The van der Waals surface area contributed by atoms with Crippen LogP contribution >= 0.6 is 12.2 Å². The highest BCUT2D eigenvalue weighted by atomic mass is 32.1. The molecule has 0 heterocycles. The molecular formula is C25H18FNS. The van der Waals surface area contributed by atoms with E-state index in [4.69, 9.17) is 0 Å². The van der Waals surface area contributed by atoms with Gasteiger partial charge in [0.25, 0.3) is 0 Å². The lowest BCUT2D eigenvalue weighted by molar-refractivity contribution is 0.629. The summed E-state index contributed by atoms with van der Waals surface area (Å²) >= 11 is 4.50. The first-order valence-electron chi connectivity index (χ1n) is 9.30. The van der Waals surface area contributed by atoms with Crippen molar-refractivity contribution in [2.45, 2.75) is 19.3 Å². The maximum atomic E-state index is 13.9. The number of aliphatic imine (C=N–C) groups is 1. The van der Waals surface area contributed by atoms with E-state index in [9.17, 15) is 4.39 Å². The highest BCUT2D eigenvalue weighted by Gasteiger charge is 2.21. The standard InChI is InChI=1S/C25H18FNS/c26-24-16-21(9-14-25(24)27-17-28)2-1-18-5-10-22(11-6-18)23-12-7-20(8-13-23)15-19-3-4-19/h5-14,16,19H,3-4,15H2. The van der Waals surface area contributed by atoms with E-state index in [1.54, 1.807) is 12.1 Å². The van der Waals surface area contributed by atoms with Gasteiger partial charge < -0.3 is 0 Å². The molecule has 1 fully saturated rings. The molecule has 1 aliphatic carbocycles. The summed E-state index contributed by atoms with van der Waals surface area (Å²) in [5.41, 5.74) is 5.44. The minimum Gasteiger partial charge on any atom is -0.205 e. The predicted octanol–water partition coefficient (Wildman–Crippen LogP) is 6.58. The van der Waals surface area contributed by atoms with Crippen LogP contribution in [0.25, 0.3) is 11.1 Å². The van der Waals surface area contributed by atoms with Crippen molar-refractivity contribution in [1.29, 1.82) is 0 Å². The van der Waals surface area contributed by atoms with Crippen LogP contribution in [0.1, 0.15) is 29.5 Å². The van der Waals surface area contributed by atoms with Crippen LogP contribution in [0.2, 0.25) is 0 Å². The van der Waals surface area contributed by atoms with Crippen molar-refractivity contribution in [1.82, 2.24) is 0 Å². The lowest BCUT2D eigenvalue weighted by Crippen LogP contribution is -1.87. The Morgan fingerprint density at radius 3 is 2.07 bits per heavy atom. The van der Waals surface area contributed by atoms with Crippen LogP contribution in [0, 0.1) is 23.6 Å². The number of halogens is 1. The second kappa shape index (κ2) is 8.31. The molecule has 1 saturated carbocycles. The van der Waals surface area contributed by atoms with Gasteiger partial charge in [0.15, 0.2) is 5.82 Å². The Morgan fingerprint density at radius 1 is 0.857 bits per heavy atom. The molecule has 0 unspecified atom stereocenters. The lowest BCUT2D eigenvalue weighted by Gasteiger charge is -2.04. The zero-order chi connectivity index (χ0) is 19.3. The minimum absolute atomic E-state index is 0.174. The molecule has 4 rings (SSSR count). The molecule has 3 aromatic rings. The summed E-state index contributed by atoms with van der Waals surface area (Å²) in [6.45, 7) is 0. The van der Waals surface area contributed by atoms with E-state index in [0.717, 1.165) is 17.0 Å². The third-order valence-electron chi connectivity index (χ3n) is 4.86. The van der Waals surface area contributed by atoms with Gasteiger partial charge in [-0.15, -0.1) is 0 Å². The summed E-state index contributed by atoms with van der Waals surface area (Å²) in [5.74, 6) is 6.51. The maximum Gasteiger partial charge on any atom is 0.150 e. The molecule has 0 atom stereocenters. The predicted molar refractivity (Wildman–Crippen MR) is 115 cm³/mol. The number of nitrogens with zero attached hydrogens (tertiary/aromatic N) is 1. The number of hydrogen-bond donors (Lipinski definition) is 0. The van der Waals surface area contributed by atoms with Crippen LogP contribution in [0.4, 0.5) is 10.1 Å². The molecule has 136 valence electrons. The summed E-state index contributed by atoms with van der Waals surface area (Å²) in [6.07, 6.45) is 3.96. The first-order chi connectivity index (χ1) is 13.7. The molecular weight excluding hydrogens is 365 g/mol. The summed E-state index contributed by atoms with van der Waals surface area (Å²) in [4.78, 5) is 3.67. The molecule has 0 bridgehead atoms. The monoisotopic (exact) mass is 383 g/mol. The molecule has 3 aromatic carbocycles. The largest absolute Gasteiger partial charge is 0.205 e. The van der Waals surface area contributed by atoms with Crippen LogP contribution < -0.4 is 0 Å². The van der Waals surface area contributed by atoms with Gasteiger partial charge in [-0.1, -0.05) is 48.2 Å². The highest BCUT2D eigenvalue weighted by Crippen LogP contribution is 2.33. The Hall–Kier alpha value is -3.05. The van der Waals surface area contributed by atoms with Gasteiger partial charge in [-0.2, -0.15) is 4.99 Å². The highest BCUT2D eigenvalue weighted by molar-refractivity contribution is 7.78. The van der Waals surface area contributed by atoms with Gasteiger partial charge in [-0.3, -0.25) is 0 Å². The van der Waals surface area contributed by atoms with Crippen molar-refractivity contribution in [3.05, 3.63) is 89.2 Å². The molecule has 0 aromatic heterocycles. The van der Waals surface area contributed by atoms with Gasteiger partial charge in [0, 0.05) is 11.1 Å². The molecule has 1 nitrogen and oxygen atoms in total. The summed E-state index contributed by atoms with van der Waals surface area (Å²) in [7, 11) is 0. The van der Waals surface area contributed by atoms with Crippen LogP contribution in [0.15, 0.2) is 71.7 Å². The van der Waals surface area contributed by atoms with Gasteiger partial charge in [0.1, 0.15) is 5.69 Å². The lowest BCUT2D eigenvalue weighted by atomic mass is 10.0. The Labute approximate surface area is 170 Å². The Morgan fingerprint density at radius 2 is 1.46 bits per heavy atom. The van der Waals surface area contributed by atoms with E-state index in [-0.39, 0.29) is 5.69 Å². The maximum absolute atomic E-state index is 13.9. The fourth-order valence-corrected chi connectivity index (χ4v) is 3.20. The van der Waals surface area contributed by atoms with E-state index in [1.165, 1.54) is 36.5 Å². The second-order valence-corrected chi connectivity index (χ2v) is 7.22. The first kappa shape index (κ1) is 18.3. The topological polar surface area (TPSA) is 12.4 Å². The molecule has 0 saturated heterocycles. The molecule has 0 aliphatic heterocycles. The fourth-order valence-electron chi connectivity index (χ4n) is 3.10. The number of thiocarbonyl (C=S) groups is 1. The van der Waals surface area contributed by atoms with Gasteiger partial charge in [0.05, 0.1) is 5.16 Å². The van der Waals surface area contributed by atoms with E-state index in [0.29, 0.717) is 5.56 Å². The Balaban J connectivity index is 1.47. The number of isothiocyanates is 1. The Kier molecular flexibility index (Phi) is 5.44. The first-order valence-corrected chi connectivity index (χ1v) is 9.71. The number of hydrogen-bond acceptors (Lipinski definition) is 2. The van der Waals surface area contributed by atoms with Gasteiger partial charge in [-0.05, 0) is 84.4 Å². The summed E-state index contributed by atoms with van der Waals surface area (Å²) in [5, 5.41) is 2.17. The number of benzene rings is 3. The van der Waals surface area contributed by atoms with Crippen LogP contribution in [0.3, 0.4) is 0 Å². The second-order valence-electron chi connectivity index (χ2n) is 7.04. The van der Waals surface area contributed by atoms with Crippen molar-refractivity contribution < 1.29 is 4.39 Å². The molecule has 0 N–H and O–H groups in total. The smallest absolute Gasteiger partial charge is 0.150 e. The van der Waals surface area contributed by atoms with Crippen molar-refractivity contribution >= 4 is 23.1 Å². The average Bonchev–Trinajstić information content (AvgIpc) is 3.53. The van der Waals surface area contributed by atoms with Gasteiger partial charge in [-0.25, -0.2) is 4.39 Å². The zero-order valence-corrected chi connectivity index (χ0v) is 16.1. The van der Waals surface area contributed by atoms with E-state index in [1.807, 2.05) is 12.1 Å². The quantitative estimate of drug-likeness (QED) is 0.282. The van der Waals surface area contributed by atoms with Crippen LogP contribution in [0.5, 0.6) is 0 Å². The zero-order valence-electron chi connectivity index (χ0n) is 15.3. The third-order valence-corrected chi connectivity index (χ3v) is 4.95. The van der Waals surface area contributed by atoms with Crippen LogP contribution in [-0.2, 0) is 6.42 Å². The van der Waals surface area contributed by atoms with E-state index < -0.39 is 5.82 Å². The third kappa shape index (κ3) is 4.61. The molecule has 0 amide bonds. The summed E-state index contributed by atoms with van der Waals surface area (Å²) in [6, 6.07) is 21.6. The van der Waals surface area contributed by atoms with Crippen molar-refractivity contribution in [3.8, 4) is 23.0 Å².